The zero-order chi connectivity index (χ0) is 15.8. The van der Waals surface area contributed by atoms with Crippen molar-refractivity contribution in [2.45, 2.75) is 71.3 Å². The van der Waals surface area contributed by atoms with Gasteiger partial charge in [-0.1, -0.05) is 26.2 Å². The normalized spacial score (nSPS) is 25.8. The number of ether oxygens (including phenoxy) is 1. The summed E-state index contributed by atoms with van der Waals surface area (Å²) in [6.45, 7) is 7.10. The van der Waals surface area contributed by atoms with Crippen molar-refractivity contribution in [3.63, 3.8) is 0 Å². The van der Waals surface area contributed by atoms with Crippen molar-refractivity contribution in [1.29, 1.82) is 0 Å². The molecule has 2 atom stereocenters. The highest BCUT2D eigenvalue weighted by Gasteiger charge is 2.37. The third-order valence-electron chi connectivity index (χ3n) is 5.40. The van der Waals surface area contributed by atoms with E-state index in [1.54, 1.807) is 0 Å². The number of halogens is 1. The zero-order valence-corrected chi connectivity index (χ0v) is 17.5. The average Bonchev–Trinajstić information content (AvgIpc) is 3.08. The van der Waals surface area contributed by atoms with Crippen LogP contribution in [0.25, 0.3) is 0 Å². The largest absolute Gasteiger partial charge is 0.382 e. The molecule has 0 saturated heterocycles. The molecule has 136 valence electrons. The Balaban J connectivity index is 0.00000264. The SMILES string of the molecule is CCCC1CC1NC(=NC)NCC1(CCOCC)CCCC1.I. The maximum absolute atomic E-state index is 5.60. The smallest absolute Gasteiger partial charge is 0.191 e. The highest BCUT2D eigenvalue weighted by Crippen LogP contribution is 2.40. The number of nitrogens with zero attached hydrogens (tertiary/aromatic N) is 1. The molecule has 2 rings (SSSR count). The van der Waals surface area contributed by atoms with Crippen LogP contribution >= 0.6 is 24.0 Å². The van der Waals surface area contributed by atoms with Crippen LogP contribution < -0.4 is 10.6 Å². The monoisotopic (exact) mass is 437 g/mol. The van der Waals surface area contributed by atoms with E-state index < -0.39 is 0 Å². The topological polar surface area (TPSA) is 45.7 Å². The molecule has 0 aliphatic heterocycles. The predicted octanol–water partition coefficient (Wildman–Crippen LogP) is 3.95. The standard InChI is InChI=1S/C18H35N3O.HI/c1-4-8-15-13-16(15)21-17(19-3)20-14-18(9-6-7-10-18)11-12-22-5-2;/h15-16H,4-14H2,1-3H3,(H2,19,20,21);1H. The van der Waals surface area contributed by atoms with E-state index in [9.17, 15) is 0 Å². The number of hydrogen-bond acceptors (Lipinski definition) is 2. The number of nitrogens with one attached hydrogen (secondary N) is 2. The second kappa shape index (κ2) is 10.7. The summed E-state index contributed by atoms with van der Waals surface area (Å²) in [5.74, 6) is 1.85. The Labute approximate surface area is 159 Å². The Morgan fingerprint density at radius 2 is 2.00 bits per heavy atom. The first-order chi connectivity index (χ1) is 10.7. The number of aliphatic imine (C=N–C) groups is 1. The van der Waals surface area contributed by atoms with Gasteiger partial charge in [-0.05, 0) is 50.4 Å². The Hall–Kier alpha value is -0.0400. The van der Waals surface area contributed by atoms with E-state index in [0.717, 1.165) is 31.6 Å². The second-order valence-electron chi connectivity index (χ2n) is 7.12. The Bertz CT molecular complexity index is 356. The van der Waals surface area contributed by atoms with Crippen LogP contribution in [-0.4, -0.2) is 38.8 Å². The Morgan fingerprint density at radius 3 is 2.61 bits per heavy atom. The van der Waals surface area contributed by atoms with Gasteiger partial charge in [0.25, 0.3) is 0 Å². The molecule has 2 unspecified atom stereocenters. The zero-order valence-electron chi connectivity index (χ0n) is 15.2. The van der Waals surface area contributed by atoms with Crippen LogP contribution in [0.5, 0.6) is 0 Å². The lowest BCUT2D eigenvalue weighted by atomic mass is 9.83. The van der Waals surface area contributed by atoms with Gasteiger partial charge in [-0.2, -0.15) is 0 Å². The van der Waals surface area contributed by atoms with E-state index in [0.29, 0.717) is 11.5 Å². The Kier molecular flexibility index (Phi) is 9.82. The van der Waals surface area contributed by atoms with Gasteiger partial charge in [0.2, 0.25) is 0 Å². The predicted molar refractivity (Wildman–Crippen MR) is 109 cm³/mol. The van der Waals surface area contributed by atoms with E-state index in [1.165, 1.54) is 51.4 Å². The molecule has 0 radical (unpaired) electrons. The van der Waals surface area contributed by atoms with Gasteiger partial charge < -0.3 is 15.4 Å². The van der Waals surface area contributed by atoms with E-state index in [2.05, 4.69) is 29.5 Å². The molecule has 0 aromatic rings. The molecule has 0 amide bonds. The number of hydrogen-bond donors (Lipinski definition) is 2. The molecule has 0 aromatic carbocycles. The molecule has 0 bridgehead atoms. The van der Waals surface area contributed by atoms with Gasteiger partial charge in [0.15, 0.2) is 5.96 Å². The van der Waals surface area contributed by atoms with Crippen LogP contribution in [0, 0.1) is 11.3 Å². The van der Waals surface area contributed by atoms with Crippen molar-refractivity contribution in [2.75, 3.05) is 26.8 Å². The third kappa shape index (κ3) is 6.77. The summed E-state index contributed by atoms with van der Waals surface area (Å²) < 4.78 is 5.60. The summed E-state index contributed by atoms with van der Waals surface area (Å²) in [6.07, 6.45) is 10.5. The van der Waals surface area contributed by atoms with Crippen LogP contribution in [0.1, 0.15) is 65.2 Å². The van der Waals surface area contributed by atoms with Crippen LogP contribution in [-0.2, 0) is 4.74 Å². The molecule has 23 heavy (non-hydrogen) atoms. The van der Waals surface area contributed by atoms with Crippen molar-refractivity contribution in [1.82, 2.24) is 10.6 Å². The van der Waals surface area contributed by atoms with Crippen molar-refractivity contribution >= 4 is 29.9 Å². The molecule has 2 aliphatic rings. The van der Waals surface area contributed by atoms with Gasteiger partial charge in [-0.25, -0.2) is 0 Å². The summed E-state index contributed by atoms with van der Waals surface area (Å²) >= 11 is 0. The molecule has 5 heteroatoms. The molecule has 0 heterocycles. The second-order valence-corrected chi connectivity index (χ2v) is 7.12. The van der Waals surface area contributed by atoms with Gasteiger partial charge >= 0.3 is 0 Å². The van der Waals surface area contributed by atoms with Crippen molar-refractivity contribution < 1.29 is 4.74 Å². The quantitative estimate of drug-likeness (QED) is 0.249. The fourth-order valence-electron chi connectivity index (χ4n) is 3.83. The molecule has 0 aromatic heterocycles. The van der Waals surface area contributed by atoms with Crippen LogP contribution in [0.4, 0.5) is 0 Å². The van der Waals surface area contributed by atoms with Gasteiger partial charge in [0, 0.05) is 32.8 Å². The summed E-state index contributed by atoms with van der Waals surface area (Å²) in [6, 6.07) is 0.647. The molecule has 2 N–H and O–H groups in total. The fourth-order valence-corrected chi connectivity index (χ4v) is 3.83. The van der Waals surface area contributed by atoms with E-state index >= 15 is 0 Å². The molecular formula is C18H36IN3O. The number of guanidine groups is 1. The first kappa shape index (κ1) is 21.0. The van der Waals surface area contributed by atoms with Crippen molar-refractivity contribution in [3.05, 3.63) is 0 Å². The minimum Gasteiger partial charge on any atom is -0.382 e. The fraction of sp³-hybridized carbons (Fsp3) is 0.944. The molecule has 2 fully saturated rings. The summed E-state index contributed by atoms with van der Waals surface area (Å²) in [4.78, 5) is 4.41. The van der Waals surface area contributed by atoms with E-state index in [1.807, 2.05) is 7.05 Å². The highest BCUT2D eigenvalue weighted by atomic mass is 127. The molecular weight excluding hydrogens is 401 g/mol. The van der Waals surface area contributed by atoms with Crippen LogP contribution in [0.15, 0.2) is 4.99 Å². The summed E-state index contributed by atoms with van der Waals surface area (Å²) in [5.41, 5.74) is 0.416. The minimum atomic E-state index is 0. The maximum atomic E-state index is 5.60. The van der Waals surface area contributed by atoms with Gasteiger partial charge in [0.05, 0.1) is 0 Å². The molecule has 0 spiro atoms. The van der Waals surface area contributed by atoms with Crippen LogP contribution in [0.3, 0.4) is 0 Å². The van der Waals surface area contributed by atoms with E-state index in [-0.39, 0.29) is 24.0 Å². The highest BCUT2D eigenvalue weighted by molar-refractivity contribution is 14.0. The van der Waals surface area contributed by atoms with E-state index in [4.69, 9.17) is 4.74 Å². The molecule has 2 saturated carbocycles. The lowest BCUT2D eigenvalue weighted by molar-refractivity contribution is 0.105. The average molecular weight is 437 g/mol. The number of rotatable bonds is 9. The Morgan fingerprint density at radius 1 is 1.26 bits per heavy atom. The van der Waals surface area contributed by atoms with Crippen LogP contribution in [0.2, 0.25) is 0 Å². The summed E-state index contributed by atoms with van der Waals surface area (Å²) in [7, 11) is 1.88. The lowest BCUT2D eigenvalue weighted by Crippen LogP contribution is -2.44. The first-order valence-corrected chi connectivity index (χ1v) is 9.28. The van der Waals surface area contributed by atoms with Crippen molar-refractivity contribution in [3.8, 4) is 0 Å². The van der Waals surface area contributed by atoms with Gasteiger partial charge in [0.1, 0.15) is 0 Å². The molecule has 2 aliphatic carbocycles. The third-order valence-corrected chi connectivity index (χ3v) is 5.40. The molecule has 4 nitrogen and oxygen atoms in total. The maximum Gasteiger partial charge on any atom is 0.191 e. The van der Waals surface area contributed by atoms with Gasteiger partial charge in [-0.3, -0.25) is 4.99 Å². The lowest BCUT2D eigenvalue weighted by Gasteiger charge is -2.30. The van der Waals surface area contributed by atoms with Gasteiger partial charge in [-0.15, -0.1) is 24.0 Å². The van der Waals surface area contributed by atoms with Crippen molar-refractivity contribution in [2.24, 2.45) is 16.3 Å². The minimum absolute atomic E-state index is 0. The first-order valence-electron chi connectivity index (χ1n) is 9.28. The summed E-state index contributed by atoms with van der Waals surface area (Å²) in [5, 5.41) is 7.19.